The number of Topliss-reactive ketones (excluding diaryl/α,β-unsaturated/α-hetero) is 1. The zero-order valence-corrected chi connectivity index (χ0v) is 19.7. The number of para-hydroxylation sites is 2. The molecule has 33 heavy (non-hydrogen) atoms. The molecule has 3 aromatic carbocycles. The molecule has 0 N–H and O–H groups in total. The molecule has 5 unspecified atom stereocenters. The van der Waals surface area contributed by atoms with Crippen LogP contribution < -0.4 is 8.92 Å². The van der Waals surface area contributed by atoms with Crippen LogP contribution in [0.5, 0.6) is 0 Å². The Balaban J connectivity index is 1.66. The predicted molar refractivity (Wildman–Crippen MR) is 133 cm³/mol. The second-order valence-electron chi connectivity index (χ2n) is 9.44. The summed E-state index contributed by atoms with van der Waals surface area (Å²) in [6.07, 6.45) is 0.822. The fourth-order valence-electron chi connectivity index (χ4n) is 6.50. The SMILES string of the molecule is CC1CC(=O)CC2N1C(c1ccccc1)P1(=O)N(c3ccccc3)CC[N+]21c1ccccc1. The Morgan fingerprint density at radius 3 is 2.12 bits per heavy atom. The first-order chi connectivity index (χ1) is 16.1. The number of carbonyl (C=O) groups is 1. The zero-order chi connectivity index (χ0) is 22.6. The third-order valence-electron chi connectivity index (χ3n) is 7.75. The van der Waals surface area contributed by atoms with Crippen molar-refractivity contribution < 1.29 is 9.36 Å². The normalized spacial score (nSPS) is 33.7. The number of hydrogen-bond donors (Lipinski definition) is 0. The summed E-state index contributed by atoms with van der Waals surface area (Å²) in [5.41, 5.74) is 3.12. The van der Waals surface area contributed by atoms with Crippen LogP contribution in [0.25, 0.3) is 0 Å². The second kappa shape index (κ2) is 7.66. The Labute approximate surface area is 195 Å². The molecule has 3 heterocycles. The van der Waals surface area contributed by atoms with Gasteiger partial charge in [0.2, 0.25) is 0 Å². The van der Waals surface area contributed by atoms with Gasteiger partial charge in [-0.2, -0.15) is 0 Å². The summed E-state index contributed by atoms with van der Waals surface area (Å²) in [7, 11) is -3.17. The molecule has 0 saturated carbocycles. The number of fused-ring (bicyclic) bond motifs is 3. The molecule has 0 amide bonds. The number of ketones is 1. The lowest BCUT2D eigenvalue weighted by atomic mass is 9.97. The van der Waals surface area contributed by atoms with E-state index in [1.165, 1.54) is 0 Å². The minimum absolute atomic E-state index is 0.0363. The maximum absolute atomic E-state index is 15.9. The van der Waals surface area contributed by atoms with Gasteiger partial charge in [0.15, 0.2) is 11.9 Å². The molecule has 6 rings (SSSR count). The quantitative estimate of drug-likeness (QED) is 0.465. The topological polar surface area (TPSA) is 40.6 Å². The van der Waals surface area contributed by atoms with E-state index in [9.17, 15) is 4.79 Å². The molecule has 168 valence electrons. The standard InChI is InChI=1S/C27H29N3O2P/c1-21-19-25(31)20-26-29(21)27(22-11-5-2-6-12-22)33(32)28(23-13-7-3-8-14-23)17-18-30(26,33)24-15-9-4-10-16-24/h2-16,21,26-27H,17-20H2,1H3/q+1. The highest BCUT2D eigenvalue weighted by atomic mass is 31.2. The van der Waals surface area contributed by atoms with Gasteiger partial charge < -0.3 is 0 Å². The van der Waals surface area contributed by atoms with Gasteiger partial charge in [0.05, 0.1) is 13.0 Å². The maximum Gasteiger partial charge on any atom is 0.373 e. The van der Waals surface area contributed by atoms with Crippen LogP contribution in [0, 0.1) is 0 Å². The smallest absolute Gasteiger partial charge is 0.299 e. The number of anilines is 1. The minimum Gasteiger partial charge on any atom is -0.299 e. The van der Waals surface area contributed by atoms with Crippen molar-refractivity contribution in [2.75, 3.05) is 17.8 Å². The average Bonchev–Trinajstić information content (AvgIpc) is 3.27. The molecule has 3 fully saturated rings. The van der Waals surface area contributed by atoms with Gasteiger partial charge in [0.1, 0.15) is 18.0 Å². The number of hydrogen-bond acceptors (Lipinski definition) is 3. The van der Waals surface area contributed by atoms with Crippen molar-refractivity contribution in [1.82, 2.24) is 9.15 Å². The Bertz CT molecular complexity index is 1220. The highest BCUT2D eigenvalue weighted by Gasteiger charge is 2.76. The first kappa shape index (κ1) is 20.9. The van der Waals surface area contributed by atoms with Crippen LogP contribution in [0.4, 0.5) is 11.4 Å². The maximum atomic E-state index is 15.9. The van der Waals surface area contributed by atoms with Crippen molar-refractivity contribution in [1.29, 1.82) is 0 Å². The largest absolute Gasteiger partial charge is 0.373 e. The van der Waals surface area contributed by atoms with Gasteiger partial charge in [-0.3, -0.25) is 9.46 Å². The van der Waals surface area contributed by atoms with Crippen molar-refractivity contribution in [2.24, 2.45) is 0 Å². The van der Waals surface area contributed by atoms with Crippen LogP contribution in [0.2, 0.25) is 0 Å². The van der Waals surface area contributed by atoms with Crippen LogP contribution in [-0.4, -0.2) is 36.0 Å². The number of carbonyl (C=O) groups excluding carboxylic acids is 1. The molecule has 0 aromatic heterocycles. The van der Waals surface area contributed by atoms with Gasteiger partial charge in [0.25, 0.3) is 0 Å². The fraction of sp³-hybridized carbons (Fsp3) is 0.296. The first-order valence-corrected chi connectivity index (χ1v) is 13.5. The minimum atomic E-state index is -3.17. The van der Waals surface area contributed by atoms with E-state index in [2.05, 4.69) is 52.9 Å². The van der Waals surface area contributed by atoms with Crippen molar-refractivity contribution in [3.05, 3.63) is 96.6 Å². The molecule has 5 atom stereocenters. The fourth-order valence-corrected chi connectivity index (χ4v) is 11.1. The highest BCUT2D eigenvalue weighted by Crippen LogP contribution is 2.80. The summed E-state index contributed by atoms with van der Waals surface area (Å²) in [6.45, 7) is 3.55. The first-order valence-electron chi connectivity index (χ1n) is 11.8. The van der Waals surface area contributed by atoms with Crippen molar-refractivity contribution in [2.45, 2.75) is 37.8 Å². The third kappa shape index (κ3) is 2.80. The van der Waals surface area contributed by atoms with Crippen LogP contribution in [0.1, 0.15) is 31.1 Å². The van der Waals surface area contributed by atoms with Crippen LogP contribution in [-0.2, 0) is 9.36 Å². The molecule has 3 aromatic rings. The van der Waals surface area contributed by atoms with E-state index in [0.29, 0.717) is 23.6 Å². The second-order valence-corrected chi connectivity index (χ2v) is 12.3. The van der Waals surface area contributed by atoms with Gasteiger partial charge >= 0.3 is 7.44 Å². The van der Waals surface area contributed by atoms with Crippen molar-refractivity contribution in [3.63, 3.8) is 0 Å². The van der Waals surface area contributed by atoms with Gasteiger partial charge in [0, 0.05) is 18.2 Å². The number of piperidine rings is 1. The van der Waals surface area contributed by atoms with E-state index in [-0.39, 0.29) is 23.8 Å². The molecule has 0 spiro atoms. The predicted octanol–water partition coefficient (Wildman–Crippen LogP) is 5.80. The van der Waals surface area contributed by atoms with Gasteiger partial charge in [-0.25, -0.2) is 13.7 Å². The number of rotatable bonds is 3. The lowest BCUT2D eigenvalue weighted by Gasteiger charge is -2.42. The van der Waals surface area contributed by atoms with Crippen LogP contribution in [0.3, 0.4) is 0 Å². The van der Waals surface area contributed by atoms with Crippen molar-refractivity contribution in [3.8, 4) is 0 Å². The summed E-state index contributed by atoms with van der Waals surface area (Å²) < 4.78 is 18.5. The van der Waals surface area contributed by atoms with Gasteiger partial charge in [-0.15, -0.1) is 0 Å². The van der Waals surface area contributed by atoms with E-state index in [1.807, 2.05) is 54.6 Å². The van der Waals surface area contributed by atoms with E-state index < -0.39 is 7.44 Å². The number of quaternary nitrogens is 1. The lowest BCUT2D eigenvalue weighted by Crippen LogP contribution is -2.58. The van der Waals surface area contributed by atoms with Gasteiger partial charge in [-0.05, 0) is 36.8 Å². The molecule has 5 nitrogen and oxygen atoms in total. The Morgan fingerprint density at radius 1 is 0.848 bits per heavy atom. The molecule has 6 heteroatoms. The Kier molecular flexibility index (Phi) is 4.84. The molecule has 0 bridgehead atoms. The van der Waals surface area contributed by atoms with Gasteiger partial charge in [-0.1, -0.05) is 66.7 Å². The number of benzene rings is 3. The third-order valence-corrected chi connectivity index (χ3v) is 11.8. The molecule has 0 aliphatic carbocycles. The van der Waals surface area contributed by atoms with Crippen LogP contribution in [0.15, 0.2) is 91.0 Å². The molecule has 0 radical (unpaired) electrons. The number of nitrogens with zero attached hydrogens (tertiary/aromatic N) is 3. The molecule has 3 saturated heterocycles. The Hall–Kier alpha value is -2.72. The molecular formula is C27H29N3O2P+. The molecule has 3 aliphatic heterocycles. The van der Waals surface area contributed by atoms with E-state index >= 15 is 4.57 Å². The van der Waals surface area contributed by atoms with E-state index in [0.717, 1.165) is 23.5 Å². The summed E-state index contributed by atoms with van der Waals surface area (Å²) in [5, 5.41) is 0. The highest BCUT2D eigenvalue weighted by molar-refractivity contribution is 7.66. The lowest BCUT2D eigenvalue weighted by molar-refractivity contribution is -0.126. The molecular weight excluding hydrogens is 429 g/mol. The van der Waals surface area contributed by atoms with Crippen molar-refractivity contribution >= 4 is 24.6 Å². The average molecular weight is 459 g/mol. The summed E-state index contributed by atoms with van der Waals surface area (Å²) in [4.78, 5) is 15.4. The van der Waals surface area contributed by atoms with Crippen LogP contribution >= 0.6 is 7.44 Å². The monoisotopic (exact) mass is 458 g/mol. The Morgan fingerprint density at radius 2 is 1.45 bits per heavy atom. The summed E-state index contributed by atoms with van der Waals surface area (Å²) in [5.74, 6) is 0.00492. The summed E-state index contributed by atoms with van der Waals surface area (Å²) >= 11 is 0. The summed E-state index contributed by atoms with van der Waals surface area (Å²) in [6, 6.07) is 30.8. The zero-order valence-electron chi connectivity index (χ0n) is 18.8. The van der Waals surface area contributed by atoms with E-state index in [1.54, 1.807) is 0 Å². The molecule has 3 aliphatic rings. The van der Waals surface area contributed by atoms with E-state index in [4.69, 9.17) is 0 Å².